The average Bonchev–Trinajstić information content (AvgIpc) is 2.45. The van der Waals surface area contributed by atoms with Crippen LogP contribution in [-0.2, 0) is 25.6 Å². The van der Waals surface area contributed by atoms with Gasteiger partial charge < -0.3 is 19.5 Å². The van der Waals surface area contributed by atoms with Crippen LogP contribution in [0.5, 0.6) is 0 Å². The predicted octanol–water partition coefficient (Wildman–Crippen LogP) is 1.92. The van der Waals surface area contributed by atoms with Crippen LogP contribution in [0, 0.1) is 0 Å². The smallest absolute Gasteiger partial charge is 0.323 e. The number of amides is 1. The van der Waals surface area contributed by atoms with Gasteiger partial charge in [0.1, 0.15) is 6.54 Å². The molecule has 0 atom stereocenters. The lowest BCUT2D eigenvalue weighted by Gasteiger charge is -2.21. The minimum atomic E-state index is -1.04. The van der Waals surface area contributed by atoms with Crippen LogP contribution in [0.1, 0.15) is 12.0 Å². The monoisotopic (exact) mass is 373 g/mol. The lowest BCUT2D eigenvalue weighted by Crippen LogP contribution is -2.35. The Labute approximate surface area is 138 Å². The van der Waals surface area contributed by atoms with E-state index in [9.17, 15) is 9.59 Å². The molecule has 0 aliphatic heterocycles. The number of carbonyl (C=O) groups excluding carboxylic acids is 1. The van der Waals surface area contributed by atoms with Crippen LogP contribution in [0.2, 0.25) is 0 Å². The van der Waals surface area contributed by atoms with E-state index in [2.05, 4.69) is 15.9 Å². The van der Waals surface area contributed by atoms with Crippen LogP contribution < -0.4 is 0 Å². The fraction of sp³-hybridized carbons (Fsp3) is 0.467. The van der Waals surface area contributed by atoms with Crippen LogP contribution >= 0.6 is 15.9 Å². The number of carboxylic acid groups (broad SMARTS) is 1. The molecule has 1 aromatic rings. The molecule has 0 bridgehead atoms. The summed E-state index contributed by atoms with van der Waals surface area (Å²) in [7, 11) is 1.57. The first kappa shape index (κ1) is 18.6. The second-order valence-electron chi connectivity index (χ2n) is 4.63. The highest BCUT2D eigenvalue weighted by molar-refractivity contribution is 9.10. The lowest BCUT2D eigenvalue weighted by molar-refractivity contribution is -0.145. The topological polar surface area (TPSA) is 76.1 Å². The number of halogens is 1. The van der Waals surface area contributed by atoms with Crippen molar-refractivity contribution in [2.45, 2.75) is 13.0 Å². The van der Waals surface area contributed by atoms with Crippen molar-refractivity contribution in [2.24, 2.45) is 0 Å². The second kappa shape index (κ2) is 10.3. The van der Waals surface area contributed by atoms with E-state index in [0.717, 1.165) is 10.0 Å². The third-order valence-electron chi connectivity index (χ3n) is 2.83. The number of hydrogen-bond donors (Lipinski definition) is 1. The van der Waals surface area contributed by atoms with Gasteiger partial charge in [0.05, 0.1) is 26.2 Å². The molecule has 0 fully saturated rings. The maximum atomic E-state index is 12.1. The van der Waals surface area contributed by atoms with Crippen molar-refractivity contribution >= 4 is 27.8 Å². The van der Waals surface area contributed by atoms with E-state index in [-0.39, 0.29) is 32.0 Å². The Bertz CT molecular complexity index is 495. The predicted molar refractivity (Wildman–Crippen MR) is 84.5 cm³/mol. The van der Waals surface area contributed by atoms with Crippen LogP contribution in [0.3, 0.4) is 0 Å². The maximum absolute atomic E-state index is 12.1. The van der Waals surface area contributed by atoms with Gasteiger partial charge in [0.2, 0.25) is 5.91 Å². The second-order valence-corrected chi connectivity index (χ2v) is 5.54. The first-order valence-corrected chi connectivity index (χ1v) is 7.63. The van der Waals surface area contributed by atoms with E-state index in [4.69, 9.17) is 14.6 Å². The summed E-state index contributed by atoms with van der Waals surface area (Å²) in [6.45, 7) is 1.04. The number of carbonyl (C=O) groups is 2. The molecule has 0 aromatic heterocycles. The number of hydrogen-bond acceptors (Lipinski definition) is 4. The third-order valence-corrected chi connectivity index (χ3v) is 3.33. The normalized spacial score (nSPS) is 10.5. The van der Waals surface area contributed by atoms with Gasteiger partial charge in [-0.3, -0.25) is 9.59 Å². The zero-order chi connectivity index (χ0) is 16.4. The molecule has 0 unspecified atom stereocenters. The fourth-order valence-corrected chi connectivity index (χ4v) is 2.26. The number of aliphatic carboxylic acids is 1. The van der Waals surface area contributed by atoms with E-state index in [1.807, 2.05) is 24.3 Å². The number of carboxylic acids is 1. The molecule has 0 spiro atoms. The molecule has 1 amide bonds. The Morgan fingerprint density at radius 3 is 2.68 bits per heavy atom. The molecule has 0 heterocycles. The summed E-state index contributed by atoms with van der Waals surface area (Å²) in [5, 5.41) is 8.96. The van der Waals surface area contributed by atoms with E-state index < -0.39 is 5.97 Å². The highest BCUT2D eigenvalue weighted by Gasteiger charge is 2.17. The summed E-state index contributed by atoms with van der Waals surface area (Å²) in [4.78, 5) is 24.4. The van der Waals surface area contributed by atoms with E-state index in [0.29, 0.717) is 13.2 Å². The van der Waals surface area contributed by atoms with Crippen molar-refractivity contribution in [1.29, 1.82) is 0 Å². The van der Waals surface area contributed by atoms with Gasteiger partial charge >= 0.3 is 5.97 Å². The molecule has 0 radical (unpaired) electrons. The molecule has 0 aliphatic carbocycles. The molecule has 1 aromatic carbocycles. The number of rotatable bonds is 10. The summed E-state index contributed by atoms with van der Waals surface area (Å²) in [5.74, 6) is -1.29. The molecule has 6 nitrogen and oxygen atoms in total. The minimum absolute atomic E-state index is 0.144. The molecule has 7 heteroatoms. The number of benzene rings is 1. The van der Waals surface area contributed by atoms with Crippen LogP contribution in [0.15, 0.2) is 28.7 Å². The SMILES string of the molecule is COCCOCCC(=O)N(CC(=O)O)Cc1cccc(Br)c1. The summed E-state index contributed by atoms with van der Waals surface area (Å²) >= 11 is 3.35. The number of nitrogens with zero attached hydrogens (tertiary/aromatic N) is 1. The van der Waals surface area contributed by atoms with Gasteiger partial charge in [0, 0.05) is 18.1 Å². The van der Waals surface area contributed by atoms with Crippen molar-refractivity contribution in [3.05, 3.63) is 34.3 Å². The van der Waals surface area contributed by atoms with Crippen LogP contribution in [0.4, 0.5) is 0 Å². The minimum Gasteiger partial charge on any atom is -0.480 e. The van der Waals surface area contributed by atoms with Crippen LogP contribution in [0.25, 0.3) is 0 Å². The summed E-state index contributed by atoms with van der Waals surface area (Å²) in [5.41, 5.74) is 0.865. The van der Waals surface area contributed by atoms with E-state index in [1.54, 1.807) is 7.11 Å². The highest BCUT2D eigenvalue weighted by Crippen LogP contribution is 2.14. The van der Waals surface area contributed by atoms with Gasteiger partial charge in [-0.25, -0.2) is 0 Å². The number of methoxy groups -OCH3 is 1. The molecule has 0 saturated heterocycles. The molecule has 0 saturated carbocycles. The van der Waals surface area contributed by atoms with Crippen molar-refractivity contribution in [2.75, 3.05) is 33.5 Å². The average molecular weight is 374 g/mol. The Morgan fingerprint density at radius 1 is 1.27 bits per heavy atom. The molecule has 0 aliphatic rings. The standard InChI is InChI=1S/C15H20BrNO5/c1-21-7-8-22-6-5-14(18)17(11-15(19)20)10-12-3-2-4-13(16)9-12/h2-4,9H,5-8,10-11H2,1H3,(H,19,20). The summed E-state index contributed by atoms with van der Waals surface area (Å²) in [6.07, 6.45) is 0.144. The zero-order valence-electron chi connectivity index (χ0n) is 12.5. The first-order valence-electron chi connectivity index (χ1n) is 6.83. The zero-order valence-corrected chi connectivity index (χ0v) is 14.0. The van der Waals surface area contributed by atoms with Gasteiger partial charge in [0.15, 0.2) is 0 Å². The molecular weight excluding hydrogens is 354 g/mol. The van der Waals surface area contributed by atoms with Gasteiger partial charge in [0.25, 0.3) is 0 Å². The Kier molecular flexibility index (Phi) is 8.72. The largest absolute Gasteiger partial charge is 0.480 e. The Balaban J connectivity index is 2.55. The van der Waals surface area contributed by atoms with Gasteiger partial charge in [-0.1, -0.05) is 28.1 Å². The van der Waals surface area contributed by atoms with Crippen molar-refractivity contribution in [3.8, 4) is 0 Å². The molecular formula is C15H20BrNO5. The Morgan fingerprint density at radius 2 is 2.05 bits per heavy atom. The first-order chi connectivity index (χ1) is 10.5. The molecule has 22 heavy (non-hydrogen) atoms. The van der Waals surface area contributed by atoms with Gasteiger partial charge in [-0.05, 0) is 17.7 Å². The van der Waals surface area contributed by atoms with Crippen molar-refractivity contribution in [1.82, 2.24) is 4.90 Å². The van der Waals surface area contributed by atoms with E-state index >= 15 is 0 Å². The molecule has 122 valence electrons. The third kappa shape index (κ3) is 7.53. The summed E-state index contributed by atoms with van der Waals surface area (Å²) < 4.78 is 11.0. The molecule has 1 rings (SSSR count). The quantitative estimate of drug-likeness (QED) is 0.634. The Hall–Kier alpha value is -1.44. The number of ether oxygens (including phenoxy) is 2. The lowest BCUT2D eigenvalue weighted by atomic mass is 10.2. The molecule has 1 N–H and O–H groups in total. The van der Waals surface area contributed by atoms with Crippen molar-refractivity contribution in [3.63, 3.8) is 0 Å². The van der Waals surface area contributed by atoms with E-state index in [1.165, 1.54) is 4.90 Å². The van der Waals surface area contributed by atoms with Gasteiger partial charge in [-0.2, -0.15) is 0 Å². The van der Waals surface area contributed by atoms with Crippen LogP contribution in [-0.4, -0.2) is 55.4 Å². The fourth-order valence-electron chi connectivity index (χ4n) is 1.81. The van der Waals surface area contributed by atoms with Gasteiger partial charge in [-0.15, -0.1) is 0 Å². The highest BCUT2D eigenvalue weighted by atomic mass is 79.9. The maximum Gasteiger partial charge on any atom is 0.323 e. The van der Waals surface area contributed by atoms with Crippen molar-refractivity contribution < 1.29 is 24.2 Å². The summed E-state index contributed by atoms with van der Waals surface area (Å²) in [6, 6.07) is 7.42.